The van der Waals surface area contributed by atoms with Gasteiger partial charge in [0.05, 0.1) is 12.1 Å². The van der Waals surface area contributed by atoms with E-state index < -0.39 is 0 Å². The second-order valence-electron chi connectivity index (χ2n) is 7.83. The third-order valence-electron chi connectivity index (χ3n) is 5.82. The van der Waals surface area contributed by atoms with E-state index in [9.17, 15) is 9.90 Å². The maximum absolute atomic E-state index is 12.5. The molecule has 5 heteroatoms. The maximum Gasteiger partial charge on any atom is 0.237 e. The number of rotatable bonds is 7. The van der Waals surface area contributed by atoms with Gasteiger partial charge in [0.1, 0.15) is 0 Å². The molecule has 1 aliphatic heterocycles. The summed E-state index contributed by atoms with van der Waals surface area (Å²) in [5.41, 5.74) is 0. The molecule has 24 heavy (non-hydrogen) atoms. The third kappa shape index (κ3) is 5.71. The highest BCUT2D eigenvalue weighted by Crippen LogP contribution is 2.23. The molecule has 0 aromatic heterocycles. The topological polar surface area (TPSA) is 55.8 Å². The average molecular weight is 340 g/mol. The van der Waals surface area contributed by atoms with Gasteiger partial charge in [0.15, 0.2) is 0 Å². The first-order chi connectivity index (χ1) is 11.5. The molecule has 0 aromatic rings. The van der Waals surface area contributed by atoms with Crippen LogP contribution in [0.15, 0.2) is 0 Å². The van der Waals surface area contributed by atoms with Crippen LogP contribution >= 0.6 is 0 Å². The fraction of sp³-hybridized carbons (Fsp3) is 0.947. The van der Waals surface area contributed by atoms with Crippen LogP contribution < -0.4 is 5.32 Å². The molecule has 2 N–H and O–H groups in total. The Bertz CT molecular complexity index is 383. The van der Waals surface area contributed by atoms with Crippen LogP contribution in [-0.2, 0) is 4.79 Å². The lowest BCUT2D eigenvalue weighted by Crippen LogP contribution is -2.59. The van der Waals surface area contributed by atoms with Crippen molar-refractivity contribution in [1.82, 2.24) is 15.1 Å². The number of hydrogen-bond donors (Lipinski definition) is 2. The van der Waals surface area contributed by atoms with Crippen LogP contribution in [-0.4, -0.2) is 71.7 Å². The van der Waals surface area contributed by atoms with Crippen LogP contribution in [0.2, 0.25) is 0 Å². The van der Waals surface area contributed by atoms with Crippen molar-refractivity contribution in [2.75, 3.05) is 32.7 Å². The van der Waals surface area contributed by atoms with Gasteiger partial charge in [0.25, 0.3) is 0 Å². The molecule has 0 aromatic carbocycles. The van der Waals surface area contributed by atoms with Crippen LogP contribution in [0.25, 0.3) is 0 Å². The van der Waals surface area contributed by atoms with E-state index in [0.717, 1.165) is 39.1 Å². The van der Waals surface area contributed by atoms with E-state index in [1.54, 1.807) is 0 Å². The summed E-state index contributed by atoms with van der Waals surface area (Å²) in [6.45, 7) is 10.4. The zero-order valence-electron chi connectivity index (χ0n) is 15.8. The van der Waals surface area contributed by atoms with Gasteiger partial charge < -0.3 is 10.4 Å². The zero-order chi connectivity index (χ0) is 17.5. The van der Waals surface area contributed by atoms with Gasteiger partial charge in [-0.05, 0) is 39.0 Å². The van der Waals surface area contributed by atoms with Crippen molar-refractivity contribution in [2.24, 2.45) is 5.92 Å². The van der Waals surface area contributed by atoms with Crippen LogP contribution in [0.1, 0.15) is 59.3 Å². The van der Waals surface area contributed by atoms with E-state index in [4.69, 9.17) is 0 Å². The molecule has 3 atom stereocenters. The number of piperazine rings is 1. The average Bonchev–Trinajstić information content (AvgIpc) is 2.59. The molecule has 1 amide bonds. The fourth-order valence-electron chi connectivity index (χ4n) is 4.19. The first kappa shape index (κ1) is 19.7. The number of nitrogens with zero attached hydrogens (tertiary/aromatic N) is 2. The van der Waals surface area contributed by atoms with E-state index in [1.165, 1.54) is 32.1 Å². The molecule has 0 radical (unpaired) electrons. The highest BCUT2D eigenvalue weighted by atomic mass is 16.3. The number of carbonyl (C=O) groups excluding carboxylic acids is 1. The van der Waals surface area contributed by atoms with Crippen molar-refractivity contribution in [3.05, 3.63) is 0 Å². The van der Waals surface area contributed by atoms with Gasteiger partial charge in [-0.15, -0.1) is 0 Å². The highest BCUT2D eigenvalue weighted by molar-refractivity contribution is 5.81. The summed E-state index contributed by atoms with van der Waals surface area (Å²) in [5.74, 6) is 0.862. The van der Waals surface area contributed by atoms with Gasteiger partial charge in [-0.2, -0.15) is 0 Å². The molecule has 2 rings (SSSR count). The van der Waals surface area contributed by atoms with Crippen molar-refractivity contribution >= 4 is 5.91 Å². The molecule has 140 valence electrons. The normalized spacial score (nSPS) is 26.9. The Kier molecular flexibility index (Phi) is 7.98. The van der Waals surface area contributed by atoms with Gasteiger partial charge in [-0.25, -0.2) is 0 Å². The molecular weight excluding hydrogens is 302 g/mol. The molecule has 0 unspecified atom stereocenters. The first-order valence-corrected chi connectivity index (χ1v) is 9.95. The minimum Gasteiger partial charge on any atom is -0.392 e. The number of aliphatic hydroxyl groups excluding tert-OH is 1. The van der Waals surface area contributed by atoms with Gasteiger partial charge in [-0.3, -0.25) is 14.6 Å². The van der Waals surface area contributed by atoms with Crippen molar-refractivity contribution in [3.8, 4) is 0 Å². The smallest absolute Gasteiger partial charge is 0.237 e. The largest absolute Gasteiger partial charge is 0.392 e. The lowest BCUT2D eigenvalue weighted by Gasteiger charge is -2.43. The number of β-amino-alcohol motifs (C(OH)–C–C–N with tert-alkyl or cyclic N) is 1. The van der Waals surface area contributed by atoms with Crippen LogP contribution in [0, 0.1) is 5.92 Å². The van der Waals surface area contributed by atoms with Crippen LogP contribution in [0.4, 0.5) is 0 Å². The minimum atomic E-state index is -0.290. The molecule has 0 spiro atoms. The summed E-state index contributed by atoms with van der Waals surface area (Å²) in [6.07, 6.45) is 7.30. The lowest BCUT2D eigenvalue weighted by molar-refractivity contribution is -0.127. The maximum atomic E-state index is 12.5. The lowest BCUT2D eigenvalue weighted by atomic mass is 9.89. The Hall–Kier alpha value is -0.650. The standard InChI is InChI=1S/C19H37N3O2/c1-4-18-14-21(10-11-22(18)13-15(2)23)16(3)19(24)20-12-17-8-6-5-7-9-17/h15-18,23H,4-14H2,1-3H3,(H,20,24)/t15-,16-,18+/m0/s1. The Morgan fingerprint density at radius 2 is 1.92 bits per heavy atom. The number of amides is 1. The Balaban J connectivity index is 1.78. The Labute approximate surface area is 147 Å². The van der Waals surface area contributed by atoms with Gasteiger partial charge in [-0.1, -0.05) is 26.2 Å². The van der Waals surface area contributed by atoms with E-state index >= 15 is 0 Å². The number of hydrogen-bond acceptors (Lipinski definition) is 4. The van der Waals surface area contributed by atoms with Gasteiger partial charge in [0, 0.05) is 38.8 Å². The Morgan fingerprint density at radius 3 is 2.54 bits per heavy atom. The summed E-state index contributed by atoms with van der Waals surface area (Å²) < 4.78 is 0. The predicted molar refractivity (Wildman–Crippen MR) is 98.0 cm³/mol. The van der Waals surface area contributed by atoms with E-state index in [-0.39, 0.29) is 18.1 Å². The SMILES string of the molecule is CC[C@@H]1CN([C@@H](C)C(=O)NCC2CCCCC2)CCN1C[C@H](C)O. The monoisotopic (exact) mass is 339 g/mol. The van der Waals surface area contributed by atoms with E-state index in [2.05, 4.69) is 22.0 Å². The molecule has 1 saturated heterocycles. The molecule has 2 aliphatic rings. The van der Waals surface area contributed by atoms with Gasteiger partial charge in [0.2, 0.25) is 5.91 Å². The van der Waals surface area contributed by atoms with E-state index in [1.807, 2.05) is 13.8 Å². The number of nitrogens with one attached hydrogen (secondary N) is 1. The van der Waals surface area contributed by atoms with Crippen molar-refractivity contribution in [1.29, 1.82) is 0 Å². The zero-order valence-corrected chi connectivity index (χ0v) is 15.8. The molecule has 0 bridgehead atoms. The molecule has 1 aliphatic carbocycles. The number of aliphatic hydroxyl groups is 1. The van der Waals surface area contributed by atoms with Crippen molar-refractivity contribution in [2.45, 2.75) is 77.5 Å². The molecule has 2 fully saturated rings. The molecule has 1 heterocycles. The van der Waals surface area contributed by atoms with Crippen molar-refractivity contribution in [3.63, 3.8) is 0 Å². The summed E-state index contributed by atoms with van der Waals surface area (Å²) in [5, 5.41) is 12.8. The molecular formula is C19H37N3O2. The predicted octanol–water partition coefficient (Wildman–Crippen LogP) is 1.85. The van der Waals surface area contributed by atoms with Crippen molar-refractivity contribution < 1.29 is 9.90 Å². The fourth-order valence-corrected chi connectivity index (χ4v) is 4.19. The second kappa shape index (κ2) is 9.73. The summed E-state index contributed by atoms with van der Waals surface area (Å²) in [6, 6.07) is 0.373. The summed E-state index contributed by atoms with van der Waals surface area (Å²) in [7, 11) is 0. The minimum absolute atomic E-state index is 0.0589. The molecule has 5 nitrogen and oxygen atoms in total. The molecule has 1 saturated carbocycles. The quantitative estimate of drug-likeness (QED) is 0.743. The second-order valence-corrected chi connectivity index (χ2v) is 7.83. The highest BCUT2D eigenvalue weighted by Gasteiger charge is 2.31. The first-order valence-electron chi connectivity index (χ1n) is 9.95. The number of carbonyl (C=O) groups is 1. The van der Waals surface area contributed by atoms with E-state index in [0.29, 0.717) is 12.0 Å². The summed E-state index contributed by atoms with van der Waals surface area (Å²) >= 11 is 0. The Morgan fingerprint density at radius 1 is 1.21 bits per heavy atom. The van der Waals surface area contributed by atoms with Crippen LogP contribution in [0.3, 0.4) is 0 Å². The summed E-state index contributed by atoms with van der Waals surface area (Å²) in [4.78, 5) is 17.2. The van der Waals surface area contributed by atoms with Crippen LogP contribution in [0.5, 0.6) is 0 Å². The third-order valence-corrected chi connectivity index (χ3v) is 5.82. The van der Waals surface area contributed by atoms with Gasteiger partial charge >= 0.3 is 0 Å².